The zero-order valence-corrected chi connectivity index (χ0v) is 29.2. The van der Waals surface area contributed by atoms with E-state index in [9.17, 15) is 0 Å². The highest BCUT2D eigenvalue weighted by Crippen LogP contribution is 2.55. The molecule has 3 aromatic carbocycles. The van der Waals surface area contributed by atoms with Crippen molar-refractivity contribution < 1.29 is 9.31 Å². The van der Waals surface area contributed by atoms with Crippen LogP contribution >= 0.6 is 0 Å². The fraction of sp³-hybridized carbons (Fsp3) is 0.429. The van der Waals surface area contributed by atoms with Gasteiger partial charge in [0.25, 0.3) is 0 Å². The van der Waals surface area contributed by atoms with E-state index in [0.717, 1.165) is 28.4 Å². The molecular formula is C42H49N4O+. The predicted octanol–water partition coefficient (Wildman–Crippen LogP) is 10.1. The summed E-state index contributed by atoms with van der Waals surface area (Å²) in [6.07, 6.45) is 12.3. The van der Waals surface area contributed by atoms with Gasteiger partial charge in [-0.15, -0.1) is 0 Å². The van der Waals surface area contributed by atoms with Crippen molar-refractivity contribution >= 4 is 33.8 Å². The lowest BCUT2D eigenvalue weighted by Gasteiger charge is -2.42. The first-order valence-electron chi connectivity index (χ1n) is 17.6. The smallest absolute Gasteiger partial charge is 0.239 e. The number of anilines is 1. The number of para-hydroxylation sites is 1. The Kier molecular flexibility index (Phi) is 6.88. The number of ether oxygens (including phenoxy) is 1. The third kappa shape index (κ3) is 4.96. The van der Waals surface area contributed by atoms with Crippen molar-refractivity contribution in [2.45, 2.75) is 103 Å². The van der Waals surface area contributed by atoms with E-state index in [1.165, 1.54) is 66.1 Å². The minimum atomic E-state index is -0.0147. The van der Waals surface area contributed by atoms with Gasteiger partial charge in [0.05, 0.1) is 23.5 Å². The third-order valence-electron chi connectivity index (χ3n) is 11.5. The van der Waals surface area contributed by atoms with Crippen LogP contribution in [-0.2, 0) is 10.8 Å². The summed E-state index contributed by atoms with van der Waals surface area (Å²) in [5.41, 5.74) is 6.46. The predicted molar refractivity (Wildman–Crippen MR) is 195 cm³/mol. The van der Waals surface area contributed by atoms with Crippen molar-refractivity contribution in [3.8, 4) is 17.3 Å². The van der Waals surface area contributed by atoms with Crippen molar-refractivity contribution in [2.75, 3.05) is 11.9 Å². The standard InChI is InChI=1S/C42H49N4O/c1-40(2,3)28-18-21-43-39(24-28)46-35-13-9-8-12-33(35)34-17-16-31(26-36(34)46)47-32-23-29(41(4,5)6)22-30(25-32)45-27-44(7)37-14-10-19-42(37)20-11-15-38(42)45/h8-9,12-13,16-18,21-27,37-38H,10-11,14-15,19-20H2,1-7H3/q+1. The van der Waals surface area contributed by atoms with Gasteiger partial charge in [-0.2, -0.15) is 0 Å². The molecule has 3 unspecified atom stereocenters. The first kappa shape index (κ1) is 30.2. The molecule has 5 aromatic rings. The Labute approximate surface area is 279 Å². The van der Waals surface area contributed by atoms with Crippen LogP contribution in [0, 0.1) is 5.41 Å². The second-order valence-electron chi connectivity index (χ2n) is 16.5. The normalized spacial score (nSPS) is 22.9. The fourth-order valence-electron chi connectivity index (χ4n) is 9.09. The van der Waals surface area contributed by atoms with E-state index in [1.54, 1.807) is 0 Å². The van der Waals surface area contributed by atoms with Gasteiger partial charge in [-0.05, 0) is 103 Å². The second-order valence-corrected chi connectivity index (χ2v) is 16.5. The first-order chi connectivity index (χ1) is 22.4. The summed E-state index contributed by atoms with van der Waals surface area (Å²) in [7, 11) is 2.30. The van der Waals surface area contributed by atoms with Crippen LogP contribution in [0.3, 0.4) is 0 Å². The van der Waals surface area contributed by atoms with Crippen LogP contribution in [0.5, 0.6) is 11.5 Å². The number of hydrogen-bond acceptors (Lipinski definition) is 3. The monoisotopic (exact) mass is 625 g/mol. The lowest BCUT2D eigenvalue weighted by Crippen LogP contribution is -2.57. The minimum Gasteiger partial charge on any atom is -0.457 e. The summed E-state index contributed by atoms with van der Waals surface area (Å²) >= 11 is 0. The quantitative estimate of drug-likeness (QED) is 0.186. The van der Waals surface area contributed by atoms with Crippen LogP contribution in [0.1, 0.15) is 91.2 Å². The minimum absolute atomic E-state index is 0.0147. The van der Waals surface area contributed by atoms with Crippen molar-refractivity contribution in [3.05, 3.63) is 90.1 Å². The Hall–Kier alpha value is -4.12. The molecule has 0 N–H and O–H groups in total. The number of fused-ring (bicyclic) bond motifs is 3. The molecule has 0 radical (unpaired) electrons. The molecule has 242 valence electrons. The Balaban J connectivity index is 1.23. The van der Waals surface area contributed by atoms with Crippen LogP contribution in [0.4, 0.5) is 5.69 Å². The summed E-state index contributed by atoms with van der Waals surface area (Å²) in [5.74, 6) is 2.65. The second kappa shape index (κ2) is 10.7. The van der Waals surface area contributed by atoms with E-state index < -0.39 is 0 Å². The van der Waals surface area contributed by atoms with Crippen molar-refractivity contribution in [1.29, 1.82) is 0 Å². The largest absolute Gasteiger partial charge is 0.457 e. The Morgan fingerprint density at radius 3 is 2.30 bits per heavy atom. The van der Waals surface area contributed by atoms with Crippen molar-refractivity contribution in [1.82, 2.24) is 9.55 Å². The first-order valence-corrected chi connectivity index (χ1v) is 17.6. The summed E-state index contributed by atoms with van der Waals surface area (Å²) in [4.78, 5) is 7.48. The molecular weight excluding hydrogens is 576 g/mol. The highest BCUT2D eigenvalue weighted by molar-refractivity contribution is 6.09. The average Bonchev–Trinajstić information content (AvgIpc) is 3.75. The van der Waals surface area contributed by atoms with Crippen molar-refractivity contribution in [2.24, 2.45) is 5.41 Å². The van der Waals surface area contributed by atoms with E-state index in [2.05, 4.69) is 142 Å². The number of hydrogen-bond donors (Lipinski definition) is 0. The van der Waals surface area contributed by atoms with E-state index >= 15 is 0 Å². The summed E-state index contributed by atoms with van der Waals surface area (Å²) < 4.78 is 11.7. The summed E-state index contributed by atoms with van der Waals surface area (Å²) in [6.45, 7) is 13.7. The molecule has 3 heterocycles. The summed E-state index contributed by atoms with van der Waals surface area (Å²) in [5, 5.41) is 2.41. The highest BCUT2D eigenvalue weighted by atomic mass is 16.5. The molecule has 2 saturated carbocycles. The molecule has 5 heteroatoms. The lowest BCUT2D eigenvalue weighted by atomic mass is 9.75. The fourth-order valence-corrected chi connectivity index (χ4v) is 9.09. The maximum atomic E-state index is 6.85. The van der Waals surface area contributed by atoms with Gasteiger partial charge in [-0.25, -0.2) is 9.88 Å². The average molecular weight is 626 g/mol. The maximum Gasteiger partial charge on any atom is 0.239 e. The molecule has 5 nitrogen and oxygen atoms in total. The van der Waals surface area contributed by atoms with Gasteiger partial charge in [-0.3, -0.25) is 9.14 Å². The molecule has 8 rings (SSSR count). The molecule has 1 spiro atoms. The molecule has 2 aromatic heterocycles. The zero-order valence-electron chi connectivity index (χ0n) is 29.2. The highest BCUT2D eigenvalue weighted by Gasteiger charge is 2.60. The molecule has 0 saturated heterocycles. The van der Waals surface area contributed by atoms with Crippen LogP contribution in [0.25, 0.3) is 27.6 Å². The van der Waals surface area contributed by atoms with Gasteiger partial charge in [0.2, 0.25) is 6.34 Å². The van der Waals surface area contributed by atoms with Crippen LogP contribution in [0.2, 0.25) is 0 Å². The van der Waals surface area contributed by atoms with Gasteiger partial charge in [-0.1, -0.05) is 59.7 Å². The molecule has 0 bridgehead atoms. The van der Waals surface area contributed by atoms with E-state index in [-0.39, 0.29) is 10.8 Å². The van der Waals surface area contributed by atoms with Crippen molar-refractivity contribution in [3.63, 3.8) is 0 Å². The molecule has 2 aliphatic carbocycles. The Morgan fingerprint density at radius 1 is 0.766 bits per heavy atom. The number of pyridine rings is 1. The number of nitrogens with zero attached hydrogens (tertiary/aromatic N) is 4. The molecule has 0 amide bonds. The van der Waals surface area contributed by atoms with Gasteiger partial charge in [0.1, 0.15) is 35.1 Å². The van der Waals surface area contributed by atoms with E-state index in [0.29, 0.717) is 17.5 Å². The molecule has 3 atom stereocenters. The number of aromatic nitrogens is 2. The molecule has 1 aliphatic heterocycles. The Bertz CT molecular complexity index is 2040. The van der Waals surface area contributed by atoms with E-state index in [1.807, 2.05) is 6.20 Å². The SMILES string of the molecule is C[N+]1=CN(c2cc(Oc3ccc4c5ccccc5n(-c5cc(C(C)(C)C)ccn5)c4c3)cc(C(C)(C)C)c2)C2CCCC23CCCC13. The third-order valence-corrected chi connectivity index (χ3v) is 11.5. The lowest BCUT2D eigenvalue weighted by molar-refractivity contribution is -0.555. The molecule has 2 fully saturated rings. The van der Waals surface area contributed by atoms with Gasteiger partial charge < -0.3 is 4.74 Å². The summed E-state index contributed by atoms with van der Waals surface area (Å²) in [6, 6.07) is 27.7. The Morgan fingerprint density at radius 2 is 1.51 bits per heavy atom. The van der Waals surface area contributed by atoms with Gasteiger partial charge in [0.15, 0.2) is 0 Å². The van der Waals surface area contributed by atoms with Crippen LogP contribution in [0.15, 0.2) is 79.0 Å². The van der Waals surface area contributed by atoms with Crippen LogP contribution in [-0.4, -0.2) is 39.6 Å². The number of benzene rings is 3. The van der Waals surface area contributed by atoms with E-state index in [4.69, 9.17) is 9.72 Å². The van der Waals surface area contributed by atoms with Crippen LogP contribution < -0.4 is 9.64 Å². The molecule has 47 heavy (non-hydrogen) atoms. The topological polar surface area (TPSA) is 33.3 Å². The number of rotatable bonds is 4. The van der Waals surface area contributed by atoms with Gasteiger partial charge >= 0.3 is 0 Å². The zero-order chi connectivity index (χ0) is 32.7. The molecule has 3 aliphatic rings. The van der Waals surface area contributed by atoms with Gasteiger partial charge in [0, 0.05) is 29.1 Å². The maximum absolute atomic E-state index is 6.85.